The van der Waals surface area contributed by atoms with Gasteiger partial charge in [-0.15, -0.1) is 11.3 Å². The molecule has 0 amide bonds. The van der Waals surface area contributed by atoms with Gasteiger partial charge < -0.3 is 5.73 Å². The highest BCUT2D eigenvalue weighted by molar-refractivity contribution is 9.10. The molecule has 0 aliphatic carbocycles. The average Bonchev–Trinajstić information content (AvgIpc) is 2.65. The monoisotopic (exact) mass is 344 g/mol. The van der Waals surface area contributed by atoms with Crippen LogP contribution in [-0.4, -0.2) is 24.5 Å². The van der Waals surface area contributed by atoms with Gasteiger partial charge in [0.1, 0.15) is 0 Å². The molecule has 1 aliphatic rings. The van der Waals surface area contributed by atoms with Gasteiger partial charge in [-0.3, -0.25) is 4.90 Å². The zero-order chi connectivity index (χ0) is 13.8. The molecule has 1 fully saturated rings. The molecule has 2 atom stereocenters. The summed E-state index contributed by atoms with van der Waals surface area (Å²) in [4.78, 5) is 4.00. The van der Waals surface area contributed by atoms with Crippen molar-refractivity contribution in [2.24, 2.45) is 17.6 Å². The molecule has 2 nitrogen and oxygen atoms in total. The van der Waals surface area contributed by atoms with Gasteiger partial charge in [0.15, 0.2) is 0 Å². The van der Waals surface area contributed by atoms with E-state index in [4.69, 9.17) is 5.73 Å². The van der Waals surface area contributed by atoms with E-state index >= 15 is 0 Å². The third-order valence-corrected chi connectivity index (χ3v) is 6.13. The third kappa shape index (κ3) is 4.03. The van der Waals surface area contributed by atoms with E-state index in [9.17, 15) is 0 Å². The Kier molecular flexibility index (Phi) is 5.87. The molecule has 2 N–H and O–H groups in total. The smallest absolute Gasteiger partial charge is 0.0564 e. The Morgan fingerprint density at radius 1 is 1.42 bits per heavy atom. The molecule has 0 aromatic carbocycles. The number of nitrogens with zero attached hydrogens (tertiary/aromatic N) is 1. The zero-order valence-corrected chi connectivity index (χ0v) is 14.3. The lowest BCUT2D eigenvalue weighted by atomic mass is 9.89. The maximum Gasteiger partial charge on any atom is 0.0564 e. The molecule has 108 valence electrons. The van der Waals surface area contributed by atoms with E-state index in [1.54, 1.807) is 0 Å². The van der Waals surface area contributed by atoms with Crippen molar-refractivity contribution >= 4 is 27.3 Å². The number of likely N-dealkylation sites (tertiary alicyclic amines) is 1. The summed E-state index contributed by atoms with van der Waals surface area (Å²) in [6.07, 6.45) is 4.01. The molecule has 2 heterocycles. The largest absolute Gasteiger partial charge is 0.329 e. The van der Waals surface area contributed by atoms with E-state index < -0.39 is 0 Å². The first-order chi connectivity index (χ1) is 9.11. The molecule has 1 aromatic rings. The number of rotatable bonds is 4. The Balaban J connectivity index is 2.03. The van der Waals surface area contributed by atoms with Gasteiger partial charge in [0.05, 0.1) is 6.04 Å². The Bertz CT molecular complexity index is 391. The van der Waals surface area contributed by atoms with Crippen LogP contribution in [0.25, 0.3) is 0 Å². The van der Waals surface area contributed by atoms with Gasteiger partial charge in [0.2, 0.25) is 0 Å². The molecule has 1 aromatic heterocycles. The standard InChI is InChI=1S/C15H25BrN2S/c1-11(2)12-4-3-6-18(7-5-12)14(9-17)15-8-13(16)10-19-15/h8,10-12,14H,3-7,9,17H2,1-2H3. The van der Waals surface area contributed by atoms with Gasteiger partial charge in [-0.2, -0.15) is 0 Å². The maximum absolute atomic E-state index is 6.04. The summed E-state index contributed by atoms with van der Waals surface area (Å²) in [5.41, 5.74) is 6.04. The van der Waals surface area contributed by atoms with Gasteiger partial charge in [-0.25, -0.2) is 0 Å². The van der Waals surface area contributed by atoms with E-state index in [1.807, 2.05) is 11.3 Å². The first-order valence-electron chi connectivity index (χ1n) is 7.30. The van der Waals surface area contributed by atoms with E-state index in [-0.39, 0.29) is 0 Å². The minimum absolute atomic E-state index is 0.405. The van der Waals surface area contributed by atoms with Gasteiger partial charge >= 0.3 is 0 Å². The molecule has 2 rings (SSSR count). The highest BCUT2D eigenvalue weighted by atomic mass is 79.9. The van der Waals surface area contributed by atoms with Crippen molar-refractivity contribution in [3.05, 3.63) is 20.8 Å². The molecule has 0 saturated carbocycles. The van der Waals surface area contributed by atoms with Crippen LogP contribution in [0.5, 0.6) is 0 Å². The number of nitrogens with two attached hydrogens (primary N) is 1. The number of thiophene rings is 1. The zero-order valence-electron chi connectivity index (χ0n) is 11.9. The Morgan fingerprint density at radius 2 is 2.21 bits per heavy atom. The fraction of sp³-hybridized carbons (Fsp3) is 0.733. The molecule has 4 heteroatoms. The lowest BCUT2D eigenvalue weighted by Gasteiger charge is -2.29. The summed E-state index contributed by atoms with van der Waals surface area (Å²) in [6.45, 7) is 7.83. The summed E-state index contributed by atoms with van der Waals surface area (Å²) in [5, 5.41) is 2.16. The Morgan fingerprint density at radius 3 is 2.79 bits per heavy atom. The second-order valence-electron chi connectivity index (χ2n) is 5.89. The minimum atomic E-state index is 0.405. The molecular formula is C15H25BrN2S. The third-order valence-electron chi connectivity index (χ3n) is 4.33. The van der Waals surface area contributed by atoms with Crippen LogP contribution < -0.4 is 5.73 Å². The molecular weight excluding hydrogens is 320 g/mol. The van der Waals surface area contributed by atoms with Crippen LogP contribution in [0.2, 0.25) is 0 Å². The van der Waals surface area contributed by atoms with Crippen molar-refractivity contribution in [2.75, 3.05) is 19.6 Å². The summed E-state index contributed by atoms with van der Waals surface area (Å²) < 4.78 is 1.18. The molecule has 1 saturated heterocycles. The number of hydrogen-bond donors (Lipinski definition) is 1. The number of hydrogen-bond acceptors (Lipinski definition) is 3. The van der Waals surface area contributed by atoms with Crippen LogP contribution in [-0.2, 0) is 0 Å². The molecule has 19 heavy (non-hydrogen) atoms. The van der Waals surface area contributed by atoms with E-state index in [1.165, 1.54) is 41.7 Å². The second kappa shape index (κ2) is 7.21. The van der Waals surface area contributed by atoms with Gasteiger partial charge in [0.25, 0.3) is 0 Å². The van der Waals surface area contributed by atoms with Crippen molar-refractivity contribution in [3.63, 3.8) is 0 Å². The van der Waals surface area contributed by atoms with Crippen molar-refractivity contribution in [1.29, 1.82) is 0 Å². The minimum Gasteiger partial charge on any atom is -0.329 e. The molecule has 0 radical (unpaired) electrons. The lowest BCUT2D eigenvalue weighted by molar-refractivity contribution is 0.206. The lowest BCUT2D eigenvalue weighted by Crippen LogP contribution is -2.34. The van der Waals surface area contributed by atoms with E-state index in [0.29, 0.717) is 6.04 Å². The quantitative estimate of drug-likeness (QED) is 0.883. The Labute approximate surface area is 129 Å². The van der Waals surface area contributed by atoms with Crippen LogP contribution in [0.1, 0.15) is 44.0 Å². The normalized spacial score (nSPS) is 23.5. The van der Waals surface area contributed by atoms with Gasteiger partial charge in [-0.1, -0.05) is 13.8 Å². The van der Waals surface area contributed by atoms with Gasteiger partial charge in [-0.05, 0) is 66.2 Å². The first kappa shape index (κ1) is 15.5. The topological polar surface area (TPSA) is 29.3 Å². The summed E-state index contributed by atoms with van der Waals surface area (Å²) in [6, 6.07) is 2.63. The van der Waals surface area contributed by atoms with Crippen LogP contribution in [0.15, 0.2) is 15.9 Å². The van der Waals surface area contributed by atoms with Crippen LogP contribution in [0, 0.1) is 11.8 Å². The fourth-order valence-electron chi connectivity index (χ4n) is 3.07. The predicted molar refractivity (Wildman–Crippen MR) is 87.6 cm³/mol. The summed E-state index contributed by atoms with van der Waals surface area (Å²) >= 11 is 5.37. The summed E-state index contributed by atoms with van der Waals surface area (Å²) in [7, 11) is 0. The summed E-state index contributed by atoms with van der Waals surface area (Å²) in [5.74, 6) is 1.70. The molecule has 2 unspecified atom stereocenters. The predicted octanol–water partition coefficient (Wildman–Crippen LogP) is 4.27. The SMILES string of the molecule is CC(C)C1CCCN(C(CN)c2cc(Br)cs2)CC1. The molecule has 1 aliphatic heterocycles. The van der Waals surface area contributed by atoms with Crippen molar-refractivity contribution in [3.8, 4) is 0 Å². The van der Waals surface area contributed by atoms with Gasteiger partial charge in [0, 0.05) is 21.3 Å². The maximum atomic E-state index is 6.04. The van der Waals surface area contributed by atoms with Crippen LogP contribution in [0.3, 0.4) is 0 Å². The average molecular weight is 345 g/mol. The van der Waals surface area contributed by atoms with Crippen molar-refractivity contribution in [1.82, 2.24) is 4.90 Å². The Hall–Kier alpha value is 0.1000. The second-order valence-corrected chi connectivity index (χ2v) is 7.75. The first-order valence-corrected chi connectivity index (χ1v) is 8.97. The van der Waals surface area contributed by atoms with Crippen LogP contribution in [0.4, 0.5) is 0 Å². The van der Waals surface area contributed by atoms with E-state index in [2.05, 4.69) is 46.1 Å². The molecule has 0 spiro atoms. The van der Waals surface area contributed by atoms with Crippen LogP contribution >= 0.6 is 27.3 Å². The van der Waals surface area contributed by atoms with Crippen molar-refractivity contribution < 1.29 is 0 Å². The highest BCUT2D eigenvalue weighted by Crippen LogP contribution is 2.32. The van der Waals surface area contributed by atoms with E-state index in [0.717, 1.165) is 18.4 Å². The fourth-order valence-corrected chi connectivity index (χ4v) is 4.66. The molecule has 0 bridgehead atoms. The highest BCUT2D eigenvalue weighted by Gasteiger charge is 2.25. The van der Waals surface area contributed by atoms with Crippen molar-refractivity contribution in [2.45, 2.75) is 39.2 Å². The number of halogens is 1.